The molecule has 0 aliphatic carbocycles. The molecule has 5 heteroatoms. The lowest BCUT2D eigenvalue weighted by Gasteiger charge is -2.24. The number of amides is 1. The molecule has 1 aliphatic heterocycles. The number of hydrogen-bond donors (Lipinski definition) is 1. The summed E-state index contributed by atoms with van der Waals surface area (Å²) in [5.41, 5.74) is 1.86. The molecule has 1 N–H and O–H groups in total. The van der Waals surface area contributed by atoms with Crippen LogP contribution in [0.4, 0.5) is 0 Å². The summed E-state index contributed by atoms with van der Waals surface area (Å²) in [6.45, 7) is 2.23. The summed E-state index contributed by atoms with van der Waals surface area (Å²) >= 11 is 0. The first-order chi connectivity index (χ1) is 11.8. The molecule has 1 saturated heterocycles. The summed E-state index contributed by atoms with van der Waals surface area (Å²) in [6.07, 6.45) is 2.15. The van der Waals surface area contributed by atoms with Crippen LogP contribution in [-0.2, 0) is 6.61 Å². The number of carbonyl (C=O) groups excluding carboxylic acids is 1. The lowest BCUT2D eigenvalue weighted by Crippen LogP contribution is -2.40. The molecule has 0 saturated carbocycles. The molecular formula is C20H25ClN2O2. The second kappa shape index (κ2) is 9.44. The molecule has 0 aromatic heterocycles. The fraction of sp³-hybridized carbons (Fsp3) is 0.350. The van der Waals surface area contributed by atoms with Crippen molar-refractivity contribution in [2.45, 2.75) is 25.5 Å². The lowest BCUT2D eigenvalue weighted by molar-refractivity contribution is 0.0737. The Morgan fingerprint density at radius 2 is 1.88 bits per heavy atom. The van der Waals surface area contributed by atoms with Crippen molar-refractivity contribution in [3.05, 3.63) is 65.7 Å². The van der Waals surface area contributed by atoms with Crippen LogP contribution < -0.4 is 10.1 Å². The highest BCUT2D eigenvalue weighted by Gasteiger charge is 2.28. The van der Waals surface area contributed by atoms with Crippen molar-refractivity contribution in [1.82, 2.24) is 10.2 Å². The zero-order valence-electron chi connectivity index (χ0n) is 14.5. The third-order valence-corrected chi connectivity index (χ3v) is 4.43. The quantitative estimate of drug-likeness (QED) is 0.857. The number of rotatable bonds is 6. The zero-order chi connectivity index (χ0) is 16.8. The van der Waals surface area contributed by atoms with Gasteiger partial charge in [0, 0.05) is 24.7 Å². The molecule has 0 radical (unpaired) electrons. The number of nitrogens with one attached hydrogen (secondary N) is 1. The Morgan fingerprint density at radius 3 is 2.56 bits per heavy atom. The van der Waals surface area contributed by atoms with E-state index in [0.717, 1.165) is 42.8 Å². The molecule has 1 unspecified atom stereocenters. The molecule has 25 heavy (non-hydrogen) atoms. The van der Waals surface area contributed by atoms with Crippen molar-refractivity contribution in [2.24, 2.45) is 0 Å². The van der Waals surface area contributed by atoms with Gasteiger partial charge in [0.25, 0.3) is 5.91 Å². The van der Waals surface area contributed by atoms with E-state index in [-0.39, 0.29) is 18.3 Å². The molecule has 3 rings (SSSR count). The van der Waals surface area contributed by atoms with Gasteiger partial charge in [-0.2, -0.15) is 0 Å². The van der Waals surface area contributed by atoms with Crippen molar-refractivity contribution in [2.75, 3.05) is 20.1 Å². The second-order valence-corrected chi connectivity index (χ2v) is 6.15. The highest BCUT2D eigenvalue weighted by atomic mass is 35.5. The first kappa shape index (κ1) is 19.3. The number of halogens is 1. The Hall–Kier alpha value is -2.04. The van der Waals surface area contributed by atoms with E-state index in [0.29, 0.717) is 12.6 Å². The van der Waals surface area contributed by atoms with Gasteiger partial charge in [-0.25, -0.2) is 0 Å². The van der Waals surface area contributed by atoms with Gasteiger partial charge in [0.2, 0.25) is 0 Å². The minimum absolute atomic E-state index is 0. The van der Waals surface area contributed by atoms with E-state index in [1.165, 1.54) is 0 Å². The van der Waals surface area contributed by atoms with Crippen LogP contribution >= 0.6 is 12.4 Å². The molecule has 4 nitrogen and oxygen atoms in total. The van der Waals surface area contributed by atoms with Gasteiger partial charge in [0.05, 0.1) is 0 Å². The number of likely N-dealkylation sites (tertiary alicyclic amines) is 1. The highest BCUT2D eigenvalue weighted by molar-refractivity contribution is 5.94. The molecule has 0 bridgehead atoms. The summed E-state index contributed by atoms with van der Waals surface area (Å²) < 4.78 is 5.78. The van der Waals surface area contributed by atoms with Gasteiger partial charge in [-0.05, 0) is 49.7 Å². The van der Waals surface area contributed by atoms with Crippen LogP contribution in [0.3, 0.4) is 0 Å². The molecule has 2 aromatic rings. The molecule has 2 aromatic carbocycles. The summed E-state index contributed by atoms with van der Waals surface area (Å²) in [6, 6.07) is 17.8. The van der Waals surface area contributed by atoms with E-state index < -0.39 is 0 Å². The van der Waals surface area contributed by atoms with Gasteiger partial charge in [-0.15, -0.1) is 12.4 Å². The number of hydrogen-bond acceptors (Lipinski definition) is 3. The topological polar surface area (TPSA) is 41.6 Å². The third kappa shape index (κ3) is 4.97. The largest absolute Gasteiger partial charge is 0.489 e. The van der Waals surface area contributed by atoms with E-state index in [1.54, 1.807) is 0 Å². The summed E-state index contributed by atoms with van der Waals surface area (Å²) in [5.74, 6) is 0.894. The Kier molecular flexibility index (Phi) is 7.29. The summed E-state index contributed by atoms with van der Waals surface area (Å²) in [7, 11) is 1.93. The van der Waals surface area contributed by atoms with Gasteiger partial charge in [0.15, 0.2) is 0 Å². The maximum atomic E-state index is 12.7. The number of ether oxygens (including phenoxy) is 1. The van der Waals surface area contributed by atoms with Gasteiger partial charge in [-0.1, -0.05) is 30.3 Å². The predicted molar refractivity (Wildman–Crippen MR) is 102 cm³/mol. The maximum Gasteiger partial charge on any atom is 0.254 e. The number of benzene rings is 2. The highest BCUT2D eigenvalue weighted by Crippen LogP contribution is 2.21. The first-order valence-electron chi connectivity index (χ1n) is 8.50. The fourth-order valence-electron chi connectivity index (χ4n) is 3.15. The average Bonchev–Trinajstić information content (AvgIpc) is 3.09. The molecule has 0 spiro atoms. The fourth-order valence-corrected chi connectivity index (χ4v) is 3.15. The van der Waals surface area contributed by atoms with Crippen LogP contribution in [0.2, 0.25) is 0 Å². The number of likely N-dealkylation sites (N-methyl/N-ethyl adjacent to an activating group) is 1. The molecular weight excluding hydrogens is 336 g/mol. The Bertz CT molecular complexity index is 661. The van der Waals surface area contributed by atoms with E-state index >= 15 is 0 Å². The summed E-state index contributed by atoms with van der Waals surface area (Å²) in [5, 5.41) is 3.17. The van der Waals surface area contributed by atoms with Crippen LogP contribution in [0.1, 0.15) is 28.8 Å². The van der Waals surface area contributed by atoms with Crippen molar-refractivity contribution >= 4 is 18.3 Å². The summed E-state index contributed by atoms with van der Waals surface area (Å²) in [4.78, 5) is 14.7. The Morgan fingerprint density at radius 1 is 1.16 bits per heavy atom. The molecule has 1 atom stereocenters. The van der Waals surface area contributed by atoms with Crippen molar-refractivity contribution in [1.29, 1.82) is 0 Å². The molecule has 1 amide bonds. The van der Waals surface area contributed by atoms with Crippen LogP contribution in [-0.4, -0.2) is 37.0 Å². The SMILES string of the molecule is CNCC1CCCN1C(=O)c1ccc(OCc2ccccc2)cc1.Cl. The van der Waals surface area contributed by atoms with Gasteiger partial charge in [0.1, 0.15) is 12.4 Å². The third-order valence-electron chi connectivity index (χ3n) is 4.43. The first-order valence-corrected chi connectivity index (χ1v) is 8.50. The Labute approximate surface area is 155 Å². The normalized spacial score (nSPS) is 16.4. The number of nitrogens with zero attached hydrogens (tertiary/aromatic N) is 1. The lowest BCUT2D eigenvalue weighted by atomic mass is 10.1. The molecule has 1 heterocycles. The molecule has 134 valence electrons. The van der Waals surface area contributed by atoms with E-state index in [2.05, 4.69) is 5.32 Å². The standard InChI is InChI=1S/C20H24N2O2.ClH/c1-21-14-18-8-5-13-22(18)20(23)17-9-11-19(12-10-17)24-15-16-6-3-2-4-7-16;/h2-4,6-7,9-12,18,21H,5,8,13-15H2,1H3;1H. The van der Waals surface area contributed by atoms with Gasteiger partial charge < -0.3 is 15.0 Å². The second-order valence-electron chi connectivity index (χ2n) is 6.15. The average molecular weight is 361 g/mol. The van der Waals surface area contributed by atoms with Gasteiger partial charge in [-0.3, -0.25) is 4.79 Å². The monoisotopic (exact) mass is 360 g/mol. The smallest absolute Gasteiger partial charge is 0.254 e. The van der Waals surface area contributed by atoms with Crippen molar-refractivity contribution in [3.63, 3.8) is 0 Å². The van der Waals surface area contributed by atoms with Crippen LogP contribution in [0.25, 0.3) is 0 Å². The molecule has 1 fully saturated rings. The molecule has 1 aliphatic rings. The van der Waals surface area contributed by atoms with E-state index in [4.69, 9.17) is 4.74 Å². The van der Waals surface area contributed by atoms with Crippen LogP contribution in [0, 0.1) is 0 Å². The van der Waals surface area contributed by atoms with Crippen LogP contribution in [0.5, 0.6) is 5.75 Å². The minimum atomic E-state index is 0. The maximum absolute atomic E-state index is 12.7. The van der Waals surface area contributed by atoms with E-state index in [9.17, 15) is 4.79 Å². The predicted octanol–water partition coefficient (Wildman–Crippen LogP) is 3.51. The van der Waals surface area contributed by atoms with E-state index in [1.807, 2.05) is 66.5 Å². The zero-order valence-corrected chi connectivity index (χ0v) is 15.3. The minimum Gasteiger partial charge on any atom is -0.489 e. The van der Waals surface area contributed by atoms with Crippen LogP contribution in [0.15, 0.2) is 54.6 Å². The van der Waals surface area contributed by atoms with Gasteiger partial charge >= 0.3 is 0 Å². The van der Waals surface area contributed by atoms with Crippen molar-refractivity contribution < 1.29 is 9.53 Å². The Balaban J connectivity index is 0.00000225. The number of carbonyl (C=O) groups is 1. The van der Waals surface area contributed by atoms with Crippen molar-refractivity contribution in [3.8, 4) is 5.75 Å².